The number of hydrogen-bond acceptors (Lipinski definition) is 7. The van der Waals surface area contributed by atoms with E-state index in [-0.39, 0.29) is 26.9 Å². The molecule has 1 saturated heterocycles. The summed E-state index contributed by atoms with van der Waals surface area (Å²) in [6.45, 7) is 0. The molecule has 2 amide bonds. The number of ether oxygens (including phenoxy) is 1. The number of methoxy groups -OCH3 is 1. The van der Waals surface area contributed by atoms with Crippen molar-refractivity contribution in [1.29, 1.82) is 0 Å². The van der Waals surface area contributed by atoms with Crippen LogP contribution in [0.25, 0.3) is 6.08 Å². The average Bonchev–Trinajstić information content (AvgIpc) is 2.93. The molecule has 140 valence electrons. The lowest BCUT2D eigenvalue weighted by molar-refractivity contribution is -0.115. The van der Waals surface area contributed by atoms with Crippen molar-refractivity contribution >= 4 is 50.7 Å². The van der Waals surface area contributed by atoms with E-state index in [2.05, 4.69) is 5.32 Å². The highest BCUT2D eigenvalue weighted by Gasteiger charge is 2.27. The molecule has 0 spiro atoms. The maximum absolute atomic E-state index is 12.6. The number of carbonyl (C=O) groups is 2. The van der Waals surface area contributed by atoms with E-state index in [4.69, 9.17) is 20.5 Å². The fraction of sp³-hybridized carbons (Fsp3) is 0.0588. The van der Waals surface area contributed by atoms with Crippen molar-refractivity contribution in [3.63, 3.8) is 0 Å². The zero-order valence-electron chi connectivity index (χ0n) is 13.8. The minimum Gasteiger partial charge on any atom is -0.493 e. The molecule has 1 heterocycles. The van der Waals surface area contributed by atoms with Crippen molar-refractivity contribution in [2.24, 2.45) is 0 Å². The number of benzene rings is 2. The van der Waals surface area contributed by atoms with Crippen molar-refractivity contribution in [3.05, 3.63) is 58.0 Å². The molecule has 0 radical (unpaired) electrons. The minimum atomic E-state index is -4.19. The number of halogens is 1. The van der Waals surface area contributed by atoms with Gasteiger partial charge in [0.1, 0.15) is 4.90 Å². The van der Waals surface area contributed by atoms with Gasteiger partial charge >= 0.3 is 10.1 Å². The predicted octanol–water partition coefficient (Wildman–Crippen LogP) is 3.44. The van der Waals surface area contributed by atoms with Gasteiger partial charge in [-0.05, 0) is 48.2 Å². The third-order valence-corrected chi connectivity index (χ3v) is 5.75. The highest BCUT2D eigenvalue weighted by atomic mass is 35.5. The molecule has 0 bridgehead atoms. The maximum Gasteiger partial charge on any atom is 0.339 e. The number of rotatable bonds is 5. The smallest absolute Gasteiger partial charge is 0.339 e. The molecule has 1 aliphatic heterocycles. The van der Waals surface area contributed by atoms with E-state index in [1.807, 2.05) is 0 Å². The summed E-state index contributed by atoms with van der Waals surface area (Å²) in [6, 6.07) is 10.1. The second-order valence-corrected chi connectivity index (χ2v) is 8.22. The third kappa shape index (κ3) is 4.26. The Bertz CT molecular complexity index is 1050. The molecule has 27 heavy (non-hydrogen) atoms. The second-order valence-electron chi connectivity index (χ2n) is 5.22. The topological polar surface area (TPSA) is 98.8 Å². The maximum atomic E-state index is 12.6. The monoisotopic (exact) mass is 425 g/mol. The Morgan fingerprint density at radius 3 is 2.41 bits per heavy atom. The van der Waals surface area contributed by atoms with Gasteiger partial charge in [-0.1, -0.05) is 23.7 Å². The van der Waals surface area contributed by atoms with Crippen LogP contribution in [0.2, 0.25) is 5.02 Å². The lowest BCUT2D eigenvalue weighted by Crippen LogP contribution is -2.17. The summed E-state index contributed by atoms with van der Waals surface area (Å²) in [5.74, 6) is -0.522. The predicted molar refractivity (Wildman–Crippen MR) is 101 cm³/mol. The molecule has 10 heteroatoms. The summed E-state index contributed by atoms with van der Waals surface area (Å²) in [6.07, 6.45) is 1.36. The summed E-state index contributed by atoms with van der Waals surface area (Å²) in [5.41, 5.74) is 0.263. The molecule has 0 saturated carbocycles. The lowest BCUT2D eigenvalue weighted by Gasteiger charge is -2.13. The Kier molecular flexibility index (Phi) is 5.45. The van der Waals surface area contributed by atoms with E-state index >= 15 is 0 Å². The van der Waals surface area contributed by atoms with E-state index in [0.717, 1.165) is 0 Å². The van der Waals surface area contributed by atoms with Crippen LogP contribution in [0.4, 0.5) is 4.79 Å². The van der Waals surface area contributed by atoms with Crippen LogP contribution in [0.1, 0.15) is 5.56 Å². The van der Waals surface area contributed by atoms with Crippen LogP contribution in [0.15, 0.2) is 52.3 Å². The van der Waals surface area contributed by atoms with E-state index in [1.165, 1.54) is 43.5 Å². The van der Waals surface area contributed by atoms with Crippen LogP contribution < -0.4 is 14.2 Å². The normalized spacial score (nSPS) is 15.7. The zero-order chi connectivity index (χ0) is 19.6. The number of thioether (sulfide) groups is 1. The number of imide groups is 1. The van der Waals surface area contributed by atoms with Gasteiger partial charge in [-0.15, -0.1) is 0 Å². The second kappa shape index (κ2) is 7.63. The van der Waals surface area contributed by atoms with Gasteiger partial charge < -0.3 is 8.92 Å². The van der Waals surface area contributed by atoms with Gasteiger partial charge in [-0.25, -0.2) is 0 Å². The highest BCUT2D eigenvalue weighted by molar-refractivity contribution is 8.18. The summed E-state index contributed by atoms with van der Waals surface area (Å²) in [4.78, 5) is 23.1. The Labute approximate surface area is 164 Å². The van der Waals surface area contributed by atoms with Crippen LogP contribution in [-0.4, -0.2) is 26.7 Å². The van der Waals surface area contributed by atoms with Gasteiger partial charge in [0, 0.05) is 10.6 Å². The molecule has 2 aromatic rings. The number of hydrogen-bond donors (Lipinski definition) is 1. The van der Waals surface area contributed by atoms with Gasteiger partial charge in [0.2, 0.25) is 0 Å². The van der Waals surface area contributed by atoms with E-state index in [9.17, 15) is 18.0 Å². The fourth-order valence-electron chi connectivity index (χ4n) is 2.22. The van der Waals surface area contributed by atoms with Crippen LogP contribution >= 0.6 is 23.4 Å². The van der Waals surface area contributed by atoms with Gasteiger partial charge in [0.15, 0.2) is 11.5 Å². The molecular formula is C17H12ClNO6S2. The van der Waals surface area contributed by atoms with Crippen molar-refractivity contribution in [2.45, 2.75) is 4.90 Å². The summed E-state index contributed by atoms with van der Waals surface area (Å²) >= 11 is 6.49. The number of nitrogens with one attached hydrogen (secondary N) is 1. The molecule has 1 fully saturated rings. The summed E-state index contributed by atoms with van der Waals surface area (Å²) in [7, 11) is -2.83. The van der Waals surface area contributed by atoms with Crippen molar-refractivity contribution in [2.75, 3.05) is 7.11 Å². The molecule has 0 atom stereocenters. The van der Waals surface area contributed by atoms with Crippen LogP contribution in [0, 0.1) is 0 Å². The lowest BCUT2D eigenvalue weighted by atomic mass is 10.1. The Balaban J connectivity index is 2.04. The molecular weight excluding hydrogens is 414 g/mol. The minimum absolute atomic E-state index is 0.0976. The van der Waals surface area contributed by atoms with Gasteiger partial charge in [0.05, 0.1) is 12.0 Å². The SMILES string of the molecule is COc1cccc(/C=C2\SC(=O)NC2=O)c1OS(=O)(=O)c1ccc(Cl)cc1. The molecule has 2 aromatic carbocycles. The molecule has 0 unspecified atom stereocenters. The largest absolute Gasteiger partial charge is 0.493 e. The zero-order valence-corrected chi connectivity index (χ0v) is 16.2. The van der Waals surface area contributed by atoms with Crippen LogP contribution in [0.3, 0.4) is 0 Å². The Hall–Kier alpha value is -2.49. The first-order valence-electron chi connectivity index (χ1n) is 7.42. The molecule has 1 aliphatic rings. The van der Waals surface area contributed by atoms with Crippen molar-refractivity contribution in [1.82, 2.24) is 5.32 Å². The number of para-hydroxylation sites is 1. The molecule has 1 N–H and O–H groups in total. The highest BCUT2D eigenvalue weighted by Crippen LogP contribution is 2.37. The molecule has 0 aliphatic carbocycles. The van der Waals surface area contributed by atoms with E-state index in [0.29, 0.717) is 16.8 Å². The summed E-state index contributed by atoms with van der Waals surface area (Å²) < 4.78 is 35.7. The van der Waals surface area contributed by atoms with Gasteiger partial charge in [-0.3, -0.25) is 14.9 Å². The van der Waals surface area contributed by atoms with Crippen LogP contribution in [-0.2, 0) is 14.9 Å². The fourth-order valence-corrected chi connectivity index (χ4v) is 3.98. The standard InChI is InChI=1S/C17H12ClNO6S2/c1-24-13-4-2-3-10(9-14-16(20)19-17(21)26-14)15(13)25-27(22,23)12-7-5-11(18)6-8-12/h2-9H,1H3,(H,19,20,21)/b14-9-. The van der Waals surface area contributed by atoms with E-state index in [1.54, 1.807) is 12.1 Å². The quantitative estimate of drug-likeness (QED) is 0.578. The van der Waals surface area contributed by atoms with E-state index < -0.39 is 21.3 Å². The van der Waals surface area contributed by atoms with Crippen molar-refractivity contribution in [3.8, 4) is 11.5 Å². The Morgan fingerprint density at radius 2 is 1.81 bits per heavy atom. The number of carbonyl (C=O) groups excluding carboxylic acids is 2. The van der Waals surface area contributed by atoms with Gasteiger partial charge in [-0.2, -0.15) is 8.42 Å². The van der Waals surface area contributed by atoms with Crippen molar-refractivity contribution < 1.29 is 26.9 Å². The average molecular weight is 426 g/mol. The molecule has 7 nitrogen and oxygen atoms in total. The number of amides is 2. The Morgan fingerprint density at radius 1 is 1.11 bits per heavy atom. The first-order valence-corrected chi connectivity index (χ1v) is 10.0. The van der Waals surface area contributed by atoms with Crippen LogP contribution in [0.5, 0.6) is 11.5 Å². The van der Waals surface area contributed by atoms with Gasteiger partial charge in [0.25, 0.3) is 11.1 Å². The molecule has 3 rings (SSSR count). The first-order chi connectivity index (χ1) is 12.8. The third-order valence-electron chi connectivity index (χ3n) is 3.45. The first kappa shape index (κ1) is 19.3. The summed E-state index contributed by atoms with van der Waals surface area (Å²) in [5, 5.41) is 2.00. The molecule has 0 aromatic heterocycles.